The molecule has 6 heteroatoms. The Hall–Kier alpha value is -2.63. The van der Waals surface area contributed by atoms with Gasteiger partial charge in [-0.2, -0.15) is 0 Å². The largest absolute Gasteiger partial charge is 0.452 e. The molecule has 1 aromatic heterocycles. The zero-order chi connectivity index (χ0) is 17.8. The predicted octanol–water partition coefficient (Wildman–Crippen LogP) is 3.04. The molecule has 0 bridgehead atoms. The molecular formula is C19H22N2O4. The zero-order valence-electron chi connectivity index (χ0n) is 14.5. The molecule has 25 heavy (non-hydrogen) atoms. The molecule has 1 saturated heterocycles. The minimum atomic E-state index is -0.477. The maximum absolute atomic E-state index is 12.2. The van der Waals surface area contributed by atoms with Crippen LogP contribution < -0.4 is 0 Å². The number of benzene rings is 1. The van der Waals surface area contributed by atoms with E-state index in [0.29, 0.717) is 13.1 Å². The summed E-state index contributed by atoms with van der Waals surface area (Å²) >= 11 is 0. The van der Waals surface area contributed by atoms with Gasteiger partial charge in [0.15, 0.2) is 18.1 Å². The Morgan fingerprint density at radius 3 is 2.68 bits per heavy atom. The van der Waals surface area contributed by atoms with E-state index in [0.717, 1.165) is 35.4 Å². The average molecular weight is 342 g/mol. The van der Waals surface area contributed by atoms with Gasteiger partial charge < -0.3 is 14.1 Å². The number of fused-ring (bicyclic) bond motifs is 1. The van der Waals surface area contributed by atoms with Gasteiger partial charge in [0.2, 0.25) is 0 Å². The Labute approximate surface area is 146 Å². The SMILES string of the molecule is CC(C)=CC(=O)OCC(=O)N1CCC(c2nc3ccccc3o2)CC1. The first-order valence-corrected chi connectivity index (χ1v) is 8.48. The summed E-state index contributed by atoms with van der Waals surface area (Å²) in [7, 11) is 0. The summed E-state index contributed by atoms with van der Waals surface area (Å²) in [6.45, 7) is 4.63. The molecule has 0 aliphatic carbocycles. The minimum absolute atomic E-state index is 0.161. The van der Waals surface area contributed by atoms with Gasteiger partial charge in [0, 0.05) is 25.1 Å². The van der Waals surface area contributed by atoms with Crippen LogP contribution in [0.25, 0.3) is 11.1 Å². The fraction of sp³-hybridized carbons (Fsp3) is 0.421. The smallest absolute Gasteiger partial charge is 0.331 e. The number of likely N-dealkylation sites (tertiary alicyclic amines) is 1. The summed E-state index contributed by atoms with van der Waals surface area (Å²) in [6, 6.07) is 7.70. The lowest BCUT2D eigenvalue weighted by atomic mass is 9.97. The molecule has 1 fully saturated rings. The lowest BCUT2D eigenvalue weighted by molar-refractivity contribution is -0.148. The molecule has 0 saturated carbocycles. The van der Waals surface area contributed by atoms with Crippen molar-refractivity contribution >= 4 is 23.0 Å². The standard InChI is InChI=1S/C19H22N2O4/c1-13(2)11-18(23)24-12-17(22)21-9-7-14(8-10-21)19-20-15-5-3-4-6-16(15)25-19/h3-6,11,14H,7-10,12H2,1-2H3. The van der Waals surface area contributed by atoms with E-state index >= 15 is 0 Å². The van der Waals surface area contributed by atoms with E-state index in [4.69, 9.17) is 9.15 Å². The van der Waals surface area contributed by atoms with Gasteiger partial charge in [-0.3, -0.25) is 4.79 Å². The van der Waals surface area contributed by atoms with Crippen LogP contribution in [-0.4, -0.2) is 41.5 Å². The highest BCUT2D eigenvalue weighted by Crippen LogP contribution is 2.29. The third-order valence-corrected chi connectivity index (χ3v) is 4.25. The van der Waals surface area contributed by atoms with Crippen molar-refractivity contribution in [3.8, 4) is 0 Å². The first-order chi connectivity index (χ1) is 12.0. The summed E-state index contributed by atoms with van der Waals surface area (Å²) in [5.74, 6) is 0.314. The molecule has 6 nitrogen and oxygen atoms in total. The van der Waals surface area contributed by atoms with Crippen molar-refractivity contribution in [3.63, 3.8) is 0 Å². The Morgan fingerprint density at radius 1 is 1.28 bits per heavy atom. The van der Waals surface area contributed by atoms with Crippen LogP contribution in [0, 0.1) is 0 Å². The van der Waals surface area contributed by atoms with Gasteiger partial charge in [-0.15, -0.1) is 0 Å². The van der Waals surface area contributed by atoms with Crippen LogP contribution in [0.15, 0.2) is 40.3 Å². The number of hydrogen-bond acceptors (Lipinski definition) is 5. The van der Waals surface area contributed by atoms with Crippen molar-refractivity contribution in [1.29, 1.82) is 0 Å². The van der Waals surface area contributed by atoms with Crippen molar-refractivity contribution in [2.75, 3.05) is 19.7 Å². The molecule has 132 valence electrons. The molecule has 1 aliphatic rings. The molecule has 2 heterocycles. The average Bonchev–Trinajstić information content (AvgIpc) is 3.03. The second-order valence-corrected chi connectivity index (χ2v) is 6.50. The third kappa shape index (κ3) is 4.26. The van der Waals surface area contributed by atoms with Crippen LogP contribution in [0.4, 0.5) is 0 Å². The zero-order valence-corrected chi connectivity index (χ0v) is 14.5. The molecule has 1 amide bonds. The van der Waals surface area contributed by atoms with Gasteiger partial charge in [-0.05, 0) is 38.8 Å². The van der Waals surface area contributed by atoms with E-state index in [9.17, 15) is 9.59 Å². The maximum Gasteiger partial charge on any atom is 0.331 e. The summed E-state index contributed by atoms with van der Waals surface area (Å²) in [5.41, 5.74) is 2.50. The molecule has 3 rings (SSSR count). The summed E-state index contributed by atoms with van der Waals surface area (Å²) < 4.78 is 10.8. The second kappa shape index (κ2) is 7.51. The maximum atomic E-state index is 12.2. The van der Waals surface area contributed by atoms with Crippen LogP contribution in [0.5, 0.6) is 0 Å². The summed E-state index contributed by atoms with van der Waals surface area (Å²) in [6.07, 6.45) is 2.97. The normalized spacial score (nSPS) is 15.2. The van der Waals surface area contributed by atoms with Crippen LogP contribution in [-0.2, 0) is 14.3 Å². The fourth-order valence-electron chi connectivity index (χ4n) is 2.94. The number of carbonyl (C=O) groups excluding carboxylic acids is 2. The van der Waals surface area contributed by atoms with Gasteiger partial charge in [-0.25, -0.2) is 9.78 Å². The van der Waals surface area contributed by atoms with E-state index < -0.39 is 5.97 Å². The number of hydrogen-bond donors (Lipinski definition) is 0. The molecule has 0 unspecified atom stereocenters. The Bertz CT molecular complexity index is 764. The van der Waals surface area contributed by atoms with Gasteiger partial charge in [-0.1, -0.05) is 17.7 Å². The predicted molar refractivity (Wildman–Crippen MR) is 93.0 cm³/mol. The lowest BCUT2D eigenvalue weighted by Gasteiger charge is -2.30. The molecular weight excluding hydrogens is 320 g/mol. The van der Waals surface area contributed by atoms with E-state index in [2.05, 4.69) is 4.98 Å². The van der Waals surface area contributed by atoms with E-state index in [1.54, 1.807) is 18.7 Å². The number of para-hydroxylation sites is 2. The number of oxazole rings is 1. The molecule has 2 aromatic rings. The number of carbonyl (C=O) groups is 2. The Balaban J connectivity index is 1.52. The number of esters is 1. The highest BCUT2D eigenvalue weighted by molar-refractivity contribution is 5.86. The first-order valence-electron chi connectivity index (χ1n) is 8.48. The van der Waals surface area contributed by atoms with Crippen LogP contribution in [0.1, 0.15) is 38.5 Å². The Kier molecular flexibility index (Phi) is 5.16. The molecule has 0 radical (unpaired) electrons. The first kappa shape index (κ1) is 17.2. The van der Waals surface area contributed by atoms with Gasteiger partial charge in [0.1, 0.15) is 5.52 Å². The fourth-order valence-corrected chi connectivity index (χ4v) is 2.94. The minimum Gasteiger partial charge on any atom is -0.452 e. The van der Waals surface area contributed by atoms with Crippen LogP contribution in [0.2, 0.25) is 0 Å². The van der Waals surface area contributed by atoms with Crippen molar-refractivity contribution in [2.45, 2.75) is 32.6 Å². The molecule has 1 aliphatic heterocycles. The number of aromatic nitrogens is 1. The summed E-state index contributed by atoms with van der Waals surface area (Å²) in [4.78, 5) is 29.9. The van der Waals surface area contributed by atoms with Crippen molar-refractivity contribution in [3.05, 3.63) is 41.8 Å². The highest BCUT2D eigenvalue weighted by Gasteiger charge is 2.27. The number of ether oxygens (including phenoxy) is 1. The molecule has 0 atom stereocenters. The number of rotatable bonds is 4. The quantitative estimate of drug-likeness (QED) is 0.631. The van der Waals surface area contributed by atoms with Crippen molar-refractivity contribution in [1.82, 2.24) is 9.88 Å². The number of allylic oxidation sites excluding steroid dienone is 1. The molecule has 0 N–H and O–H groups in total. The molecule has 1 aromatic carbocycles. The topological polar surface area (TPSA) is 72.6 Å². The number of amides is 1. The lowest BCUT2D eigenvalue weighted by Crippen LogP contribution is -2.40. The van der Waals surface area contributed by atoms with Gasteiger partial charge in [0.25, 0.3) is 5.91 Å². The highest BCUT2D eigenvalue weighted by atomic mass is 16.5. The van der Waals surface area contributed by atoms with Crippen LogP contribution >= 0.6 is 0 Å². The number of nitrogens with zero attached hydrogens (tertiary/aromatic N) is 2. The van der Waals surface area contributed by atoms with E-state index in [-0.39, 0.29) is 18.4 Å². The van der Waals surface area contributed by atoms with Crippen LogP contribution in [0.3, 0.4) is 0 Å². The third-order valence-electron chi connectivity index (χ3n) is 4.25. The van der Waals surface area contributed by atoms with Gasteiger partial charge >= 0.3 is 5.97 Å². The monoisotopic (exact) mass is 342 g/mol. The van der Waals surface area contributed by atoms with Gasteiger partial charge in [0.05, 0.1) is 0 Å². The van der Waals surface area contributed by atoms with Crippen molar-refractivity contribution < 1.29 is 18.7 Å². The van der Waals surface area contributed by atoms with Crippen molar-refractivity contribution in [2.24, 2.45) is 0 Å². The van der Waals surface area contributed by atoms with E-state index in [1.165, 1.54) is 6.08 Å². The second-order valence-electron chi connectivity index (χ2n) is 6.50. The number of piperidine rings is 1. The molecule has 0 spiro atoms. The summed E-state index contributed by atoms with van der Waals surface area (Å²) in [5, 5.41) is 0. The van der Waals surface area contributed by atoms with E-state index in [1.807, 2.05) is 24.3 Å². The Morgan fingerprint density at radius 2 is 2.00 bits per heavy atom.